The van der Waals surface area contributed by atoms with Crippen molar-refractivity contribution < 1.29 is 19.1 Å². The topological polar surface area (TPSA) is 64.6 Å². The number of benzene rings is 1. The zero-order chi connectivity index (χ0) is 16.9. The molecule has 0 aliphatic rings. The van der Waals surface area contributed by atoms with Gasteiger partial charge in [-0.3, -0.25) is 9.59 Å². The van der Waals surface area contributed by atoms with E-state index in [0.717, 1.165) is 0 Å². The van der Waals surface area contributed by atoms with Crippen LogP contribution < -0.4 is 10.1 Å². The Balaban J connectivity index is 2.67. The van der Waals surface area contributed by atoms with Gasteiger partial charge in [-0.05, 0) is 45.9 Å². The van der Waals surface area contributed by atoms with Gasteiger partial charge in [-0.1, -0.05) is 11.6 Å². The molecule has 1 aromatic carbocycles. The van der Waals surface area contributed by atoms with Crippen molar-refractivity contribution >= 4 is 23.5 Å². The summed E-state index contributed by atoms with van der Waals surface area (Å²) in [5, 5.41) is 3.26. The molecule has 122 valence electrons. The predicted molar refractivity (Wildman–Crippen MR) is 85.2 cm³/mol. The Bertz CT molecular complexity index is 552. The van der Waals surface area contributed by atoms with E-state index in [0.29, 0.717) is 16.3 Å². The van der Waals surface area contributed by atoms with Crippen LogP contribution in [0, 0.1) is 0 Å². The lowest BCUT2D eigenvalue weighted by Gasteiger charge is -2.23. The van der Waals surface area contributed by atoms with Gasteiger partial charge in [-0.25, -0.2) is 0 Å². The van der Waals surface area contributed by atoms with E-state index in [1.165, 1.54) is 14.0 Å². The van der Waals surface area contributed by atoms with Crippen LogP contribution in [0.5, 0.6) is 5.75 Å². The lowest BCUT2D eigenvalue weighted by molar-refractivity contribution is -0.154. The second-order valence-corrected chi connectivity index (χ2v) is 6.44. The first kappa shape index (κ1) is 18.3. The summed E-state index contributed by atoms with van der Waals surface area (Å²) in [4.78, 5) is 23.9. The summed E-state index contributed by atoms with van der Waals surface area (Å²) in [6.07, 6.45) is -0.881. The minimum Gasteiger partial charge on any atom is -0.496 e. The second kappa shape index (κ2) is 7.49. The number of methoxy groups -OCH3 is 1. The number of rotatable bonds is 5. The van der Waals surface area contributed by atoms with Gasteiger partial charge in [-0.2, -0.15) is 0 Å². The molecular weight excluding hydrogens is 306 g/mol. The van der Waals surface area contributed by atoms with E-state index in [1.54, 1.807) is 18.2 Å². The van der Waals surface area contributed by atoms with Gasteiger partial charge >= 0.3 is 5.97 Å². The van der Waals surface area contributed by atoms with Crippen LogP contribution in [-0.2, 0) is 20.7 Å². The molecule has 5 nitrogen and oxygen atoms in total. The summed E-state index contributed by atoms with van der Waals surface area (Å²) in [6, 6.07) is 5.00. The molecule has 0 saturated heterocycles. The maximum atomic E-state index is 12.0. The zero-order valence-electron chi connectivity index (χ0n) is 13.5. The largest absolute Gasteiger partial charge is 0.496 e. The number of ether oxygens (including phenoxy) is 2. The predicted octanol–water partition coefficient (Wildman–Crippen LogP) is 2.74. The average molecular weight is 328 g/mol. The molecule has 0 aliphatic carbocycles. The first-order chi connectivity index (χ1) is 10.1. The highest BCUT2D eigenvalue weighted by molar-refractivity contribution is 6.30. The molecule has 1 atom stereocenters. The minimum absolute atomic E-state index is 0.0170. The van der Waals surface area contributed by atoms with Gasteiger partial charge in [0.25, 0.3) is 5.91 Å². The highest BCUT2D eigenvalue weighted by Gasteiger charge is 2.22. The van der Waals surface area contributed by atoms with Crippen molar-refractivity contribution in [1.82, 2.24) is 5.32 Å². The van der Waals surface area contributed by atoms with E-state index in [2.05, 4.69) is 5.32 Å². The fourth-order valence-corrected chi connectivity index (χ4v) is 2.00. The van der Waals surface area contributed by atoms with Gasteiger partial charge in [-0.15, -0.1) is 0 Å². The monoisotopic (exact) mass is 327 g/mol. The quantitative estimate of drug-likeness (QED) is 0.845. The van der Waals surface area contributed by atoms with Gasteiger partial charge in [0.15, 0.2) is 6.10 Å². The smallest absolute Gasteiger partial charge is 0.311 e. The first-order valence-corrected chi connectivity index (χ1v) is 7.34. The molecule has 0 saturated carbocycles. The maximum Gasteiger partial charge on any atom is 0.311 e. The van der Waals surface area contributed by atoms with E-state index >= 15 is 0 Å². The van der Waals surface area contributed by atoms with Gasteiger partial charge in [0.2, 0.25) is 0 Å². The molecule has 0 aliphatic heterocycles. The number of nitrogens with one attached hydrogen (secondary N) is 1. The van der Waals surface area contributed by atoms with Gasteiger partial charge in [0.1, 0.15) is 5.75 Å². The normalized spacial score (nSPS) is 12.5. The van der Waals surface area contributed by atoms with Gasteiger partial charge < -0.3 is 14.8 Å². The summed E-state index contributed by atoms with van der Waals surface area (Å²) in [7, 11) is 1.51. The summed E-state index contributed by atoms with van der Waals surface area (Å²) in [5.41, 5.74) is 0.233. The minimum atomic E-state index is -0.864. The molecule has 1 N–H and O–H groups in total. The van der Waals surface area contributed by atoms with Crippen molar-refractivity contribution in [2.24, 2.45) is 0 Å². The number of carbonyl (C=O) groups excluding carboxylic acids is 2. The number of amides is 1. The van der Waals surface area contributed by atoms with Crippen molar-refractivity contribution in [2.75, 3.05) is 7.11 Å². The highest BCUT2D eigenvalue weighted by Crippen LogP contribution is 2.23. The van der Waals surface area contributed by atoms with Crippen LogP contribution in [0.4, 0.5) is 0 Å². The molecule has 0 heterocycles. The number of hydrogen-bond donors (Lipinski definition) is 1. The Hall–Kier alpha value is -1.75. The Morgan fingerprint density at radius 2 is 1.95 bits per heavy atom. The van der Waals surface area contributed by atoms with E-state index in [4.69, 9.17) is 21.1 Å². The van der Waals surface area contributed by atoms with Crippen LogP contribution in [0.25, 0.3) is 0 Å². The standard InChI is InChI=1S/C16H22ClNO4/c1-10(15(20)18-16(2,3)4)22-14(19)9-11-8-12(17)6-7-13(11)21-5/h6-8,10H,9H2,1-5H3,(H,18,20)/t10-/m1/s1. The van der Waals surface area contributed by atoms with E-state index in [9.17, 15) is 9.59 Å². The molecule has 0 unspecified atom stereocenters. The van der Waals surface area contributed by atoms with Crippen LogP contribution in [0.3, 0.4) is 0 Å². The van der Waals surface area contributed by atoms with Crippen LogP contribution in [-0.4, -0.2) is 30.6 Å². The molecular formula is C16H22ClNO4. The molecule has 0 aromatic heterocycles. The van der Waals surface area contributed by atoms with Crippen molar-refractivity contribution in [3.63, 3.8) is 0 Å². The zero-order valence-corrected chi connectivity index (χ0v) is 14.3. The summed E-state index contributed by atoms with van der Waals surface area (Å²) >= 11 is 5.91. The Morgan fingerprint density at radius 1 is 1.32 bits per heavy atom. The van der Waals surface area contributed by atoms with Crippen LogP contribution in [0.1, 0.15) is 33.3 Å². The Morgan fingerprint density at radius 3 is 2.50 bits per heavy atom. The summed E-state index contributed by atoms with van der Waals surface area (Å²) in [5.74, 6) is -0.302. The van der Waals surface area contributed by atoms with Crippen LogP contribution in [0.2, 0.25) is 5.02 Å². The third kappa shape index (κ3) is 5.93. The number of hydrogen-bond acceptors (Lipinski definition) is 4. The average Bonchev–Trinajstić information content (AvgIpc) is 2.36. The lowest BCUT2D eigenvalue weighted by atomic mass is 10.1. The highest BCUT2D eigenvalue weighted by atomic mass is 35.5. The Kier molecular flexibility index (Phi) is 6.23. The molecule has 0 fully saturated rings. The summed E-state index contributed by atoms with van der Waals surface area (Å²) < 4.78 is 10.3. The van der Waals surface area contributed by atoms with Crippen molar-refractivity contribution in [3.05, 3.63) is 28.8 Å². The molecule has 6 heteroatoms. The molecule has 0 spiro atoms. The molecule has 0 bridgehead atoms. The summed E-state index contributed by atoms with van der Waals surface area (Å²) in [6.45, 7) is 7.11. The van der Waals surface area contributed by atoms with Gasteiger partial charge in [0.05, 0.1) is 13.5 Å². The maximum absolute atomic E-state index is 12.0. The third-order valence-electron chi connectivity index (χ3n) is 2.75. The van der Waals surface area contributed by atoms with Crippen molar-refractivity contribution in [3.8, 4) is 5.75 Å². The molecule has 1 aromatic rings. The van der Waals surface area contributed by atoms with E-state index in [-0.39, 0.29) is 17.9 Å². The van der Waals surface area contributed by atoms with E-state index < -0.39 is 12.1 Å². The molecule has 22 heavy (non-hydrogen) atoms. The second-order valence-electron chi connectivity index (χ2n) is 6.00. The fraction of sp³-hybridized carbons (Fsp3) is 0.500. The number of carbonyl (C=O) groups is 2. The van der Waals surface area contributed by atoms with Crippen molar-refractivity contribution in [1.29, 1.82) is 0 Å². The third-order valence-corrected chi connectivity index (χ3v) is 2.99. The van der Waals surface area contributed by atoms with E-state index in [1.807, 2.05) is 20.8 Å². The van der Waals surface area contributed by atoms with Crippen LogP contribution in [0.15, 0.2) is 18.2 Å². The Labute approximate surface area is 135 Å². The molecule has 1 amide bonds. The number of esters is 1. The molecule has 0 radical (unpaired) electrons. The number of halogens is 1. The SMILES string of the molecule is COc1ccc(Cl)cc1CC(=O)O[C@H](C)C(=O)NC(C)(C)C. The lowest BCUT2D eigenvalue weighted by Crippen LogP contribution is -2.46. The van der Waals surface area contributed by atoms with Crippen molar-refractivity contribution in [2.45, 2.75) is 45.8 Å². The first-order valence-electron chi connectivity index (χ1n) is 6.96. The molecule has 1 rings (SSSR count). The van der Waals surface area contributed by atoms with Crippen LogP contribution >= 0.6 is 11.6 Å². The van der Waals surface area contributed by atoms with Gasteiger partial charge in [0, 0.05) is 16.1 Å². The fourth-order valence-electron chi connectivity index (χ4n) is 1.80.